The van der Waals surface area contributed by atoms with Gasteiger partial charge < -0.3 is 4.90 Å². The lowest BCUT2D eigenvalue weighted by molar-refractivity contribution is 0.155. The van der Waals surface area contributed by atoms with Gasteiger partial charge in [0, 0.05) is 12.4 Å². The van der Waals surface area contributed by atoms with Gasteiger partial charge in [-0.1, -0.05) is 0 Å². The molecule has 0 aliphatic carbocycles. The van der Waals surface area contributed by atoms with Crippen LogP contribution in [0.25, 0.3) is 10.2 Å². The fourth-order valence-corrected chi connectivity index (χ4v) is 2.96. The lowest BCUT2D eigenvalue weighted by Crippen LogP contribution is -2.31. The first-order valence-corrected chi connectivity index (χ1v) is 6.82. The zero-order valence-corrected chi connectivity index (χ0v) is 11.3. The molecule has 7 heteroatoms. The maximum atomic E-state index is 12.6. The number of fused-ring (bicyclic) bond motifs is 1. The van der Waals surface area contributed by atoms with Gasteiger partial charge in [-0.25, -0.2) is 18.7 Å². The normalized spacial score (nSPS) is 11.4. The van der Waals surface area contributed by atoms with E-state index in [9.17, 15) is 8.78 Å². The first-order chi connectivity index (χ1) is 8.63. The van der Waals surface area contributed by atoms with E-state index in [2.05, 4.69) is 9.97 Å². The van der Waals surface area contributed by atoms with Crippen LogP contribution in [-0.4, -0.2) is 35.4 Å². The molecule has 0 aromatic carbocycles. The number of thiophene rings is 1. The summed E-state index contributed by atoms with van der Waals surface area (Å²) < 4.78 is 26.0. The van der Waals surface area contributed by atoms with Crippen LogP contribution in [0.3, 0.4) is 0 Å². The Morgan fingerprint density at radius 3 is 2.89 bits per heavy atom. The highest BCUT2D eigenvalue weighted by Gasteiger charge is 2.17. The van der Waals surface area contributed by atoms with Crippen molar-refractivity contribution in [2.75, 3.05) is 23.9 Å². The Labute approximate surface area is 112 Å². The van der Waals surface area contributed by atoms with Crippen molar-refractivity contribution in [1.29, 1.82) is 0 Å². The van der Waals surface area contributed by atoms with Crippen LogP contribution >= 0.6 is 22.9 Å². The zero-order valence-electron chi connectivity index (χ0n) is 9.74. The number of alkyl halides is 3. The molecule has 0 fully saturated rings. The van der Waals surface area contributed by atoms with Gasteiger partial charge in [-0.15, -0.1) is 22.9 Å². The number of aromatic nitrogens is 2. The molecule has 0 saturated carbocycles. The van der Waals surface area contributed by atoms with E-state index in [1.54, 1.807) is 0 Å². The molecule has 0 bridgehead atoms. The van der Waals surface area contributed by atoms with Gasteiger partial charge in [0.25, 0.3) is 6.43 Å². The maximum absolute atomic E-state index is 12.6. The Balaban J connectivity index is 2.43. The van der Waals surface area contributed by atoms with Crippen molar-refractivity contribution in [1.82, 2.24) is 9.97 Å². The Morgan fingerprint density at radius 1 is 1.44 bits per heavy atom. The summed E-state index contributed by atoms with van der Waals surface area (Å²) in [6.45, 7) is 1.92. The topological polar surface area (TPSA) is 29.0 Å². The monoisotopic (exact) mass is 291 g/mol. The third-order valence-electron chi connectivity index (χ3n) is 2.52. The smallest absolute Gasteiger partial charge is 0.255 e. The lowest BCUT2D eigenvalue weighted by atomic mass is 10.3. The number of rotatable bonds is 5. The van der Waals surface area contributed by atoms with Gasteiger partial charge >= 0.3 is 0 Å². The molecular formula is C11H12ClF2N3S. The first kappa shape index (κ1) is 13.4. The van der Waals surface area contributed by atoms with Gasteiger partial charge in [0.05, 0.1) is 16.8 Å². The van der Waals surface area contributed by atoms with Crippen LogP contribution in [0.5, 0.6) is 0 Å². The quantitative estimate of drug-likeness (QED) is 0.792. The Bertz CT molecular complexity index is 532. The summed E-state index contributed by atoms with van der Waals surface area (Å²) in [6, 6.07) is 0. The van der Waals surface area contributed by atoms with Crippen LogP contribution in [0.15, 0.2) is 11.7 Å². The van der Waals surface area contributed by atoms with E-state index in [1.807, 2.05) is 12.3 Å². The molecule has 0 unspecified atom stereocenters. The van der Waals surface area contributed by atoms with Crippen LogP contribution in [0, 0.1) is 6.92 Å². The second kappa shape index (κ2) is 5.75. The van der Waals surface area contributed by atoms with Crippen molar-refractivity contribution in [3.05, 3.63) is 17.3 Å². The van der Waals surface area contributed by atoms with Gasteiger partial charge in [-0.3, -0.25) is 0 Å². The van der Waals surface area contributed by atoms with E-state index in [0.717, 1.165) is 15.8 Å². The van der Waals surface area contributed by atoms with Gasteiger partial charge in [-0.05, 0) is 17.9 Å². The zero-order chi connectivity index (χ0) is 13.1. The number of anilines is 1. The van der Waals surface area contributed by atoms with Gasteiger partial charge in [0.1, 0.15) is 12.1 Å². The molecule has 3 nitrogen and oxygen atoms in total. The molecule has 18 heavy (non-hydrogen) atoms. The summed E-state index contributed by atoms with van der Waals surface area (Å²) in [7, 11) is 0. The molecule has 0 spiro atoms. The molecule has 0 N–H and O–H groups in total. The van der Waals surface area contributed by atoms with Crippen LogP contribution in [0.2, 0.25) is 0 Å². The summed E-state index contributed by atoms with van der Waals surface area (Å²) in [5.74, 6) is 0.821. The number of aryl methyl sites for hydroxylation is 1. The van der Waals surface area contributed by atoms with Crippen molar-refractivity contribution in [2.24, 2.45) is 0 Å². The molecule has 2 heterocycles. The Hall–Kier alpha value is -1.01. The average Bonchev–Trinajstić information content (AvgIpc) is 2.70. The predicted octanol–water partition coefficient (Wildman–Crippen LogP) is 3.31. The summed E-state index contributed by atoms with van der Waals surface area (Å²) in [6.07, 6.45) is -1.01. The predicted molar refractivity (Wildman–Crippen MR) is 71.1 cm³/mol. The van der Waals surface area contributed by atoms with Crippen molar-refractivity contribution < 1.29 is 8.78 Å². The third kappa shape index (κ3) is 2.70. The molecule has 0 aliphatic heterocycles. The molecule has 98 valence electrons. The van der Waals surface area contributed by atoms with Gasteiger partial charge in [0.15, 0.2) is 0 Å². The fourth-order valence-electron chi connectivity index (χ4n) is 1.73. The highest BCUT2D eigenvalue weighted by Crippen LogP contribution is 2.31. The number of hydrogen-bond donors (Lipinski definition) is 0. The Morgan fingerprint density at radius 2 is 2.22 bits per heavy atom. The van der Waals surface area contributed by atoms with Crippen molar-refractivity contribution in [3.63, 3.8) is 0 Å². The van der Waals surface area contributed by atoms with Gasteiger partial charge in [0.2, 0.25) is 0 Å². The minimum Gasteiger partial charge on any atom is -0.348 e. The van der Waals surface area contributed by atoms with E-state index in [1.165, 1.54) is 22.6 Å². The summed E-state index contributed by atoms with van der Waals surface area (Å²) in [4.78, 5) is 9.81. The van der Waals surface area contributed by atoms with Crippen LogP contribution in [0.4, 0.5) is 14.6 Å². The van der Waals surface area contributed by atoms with Gasteiger partial charge in [-0.2, -0.15) is 0 Å². The molecule has 2 rings (SSSR count). The van der Waals surface area contributed by atoms with Crippen LogP contribution in [-0.2, 0) is 0 Å². The standard InChI is InChI=1S/C11H12ClF2N3S/c1-7-5-18-10-9(7)15-6-16-11(10)17(3-2-12)4-8(13)14/h5-6,8H,2-4H2,1H3. The molecular weight excluding hydrogens is 280 g/mol. The number of nitrogens with zero attached hydrogens (tertiary/aromatic N) is 3. The molecule has 0 aliphatic rings. The second-order valence-electron chi connectivity index (χ2n) is 3.82. The minimum atomic E-state index is -2.42. The first-order valence-electron chi connectivity index (χ1n) is 5.41. The van der Waals surface area contributed by atoms with E-state index in [4.69, 9.17) is 11.6 Å². The van der Waals surface area contributed by atoms with E-state index in [0.29, 0.717) is 12.4 Å². The van der Waals surface area contributed by atoms with Crippen LogP contribution in [0.1, 0.15) is 5.56 Å². The van der Waals surface area contributed by atoms with E-state index >= 15 is 0 Å². The van der Waals surface area contributed by atoms with Crippen LogP contribution < -0.4 is 4.90 Å². The van der Waals surface area contributed by atoms with Crippen molar-refractivity contribution in [3.8, 4) is 0 Å². The minimum absolute atomic E-state index is 0.280. The highest BCUT2D eigenvalue weighted by molar-refractivity contribution is 7.18. The lowest BCUT2D eigenvalue weighted by Gasteiger charge is -2.22. The molecule has 0 amide bonds. The highest BCUT2D eigenvalue weighted by atomic mass is 35.5. The number of hydrogen-bond acceptors (Lipinski definition) is 4. The average molecular weight is 292 g/mol. The van der Waals surface area contributed by atoms with Crippen molar-refractivity contribution in [2.45, 2.75) is 13.3 Å². The second-order valence-corrected chi connectivity index (χ2v) is 5.08. The molecule has 0 atom stereocenters. The Kier molecular flexibility index (Phi) is 4.29. The molecule has 0 saturated heterocycles. The summed E-state index contributed by atoms with van der Waals surface area (Å²) in [5, 5.41) is 1.95. The molecule has 2 aromatic rings. The van der Waals surface area contributed by atoms with Crippen molar-refractivity contribution >= 4 is 39.0 Å². The third-order valence-corrected chi connectivity index (χ3v) is 3.78. The number of halogens is 3. The molecule has 0 radical (unpaired) electrons. The fraction of sp³-hybridized carbons (Fsp3) is 0.455. The maximum Gasteiger partial charge on any atom is 0.255 e. The summed E-state index contributed by atoms with van der Waals surface area (Å²) in [5.41, 5.74) is 1.85. The SMILES string of the molecule is Cc1csc2c(N(CCCl)CC(F)F)ncnc12. The largest absolute Gasteiger partial charge is 0.348 e. The van der Waals surface area contributed by atoms with E-state index in [-0.39, 0.29) is 12.4 Å². The summed E-state index contributed by atoms with van der Waals surface area (Å²) >= 11 is 7.13. The van der Waals surface area contributed by atoms with E-state index < -0.39 is 6.43 Å². The molecule has 2 aromatic heterocycles.